The molecule has 2 rings (SSSR count). The number of ether oxygens (including phenoxy) is 1. The molecule has 1 aromatic heterocycles. The van der Waals surface area contributed by atoms with Gasteiger partial charge in [0.25, 0.3) is 5.91 Å². The molecule has 1 atom stereocenters. The van der Waals surface area contributed by atoms with Gasteiger partial charge in [0.1, 0.15) is 11.7 Å². The molecule has 0 aliphatic heterocycles. The molecule has 1 aromatic carbocycles. The van der Waals surface area contributed by atoms with E-state index < -0.39 is 6.09 Å². The smallest absolute Gasteiger partial charge is 0.414 e. The molecule has 2 amide bonds. The van der Waals surface area contributed by atoms with Crippen molar-refractivity contribution in [3.05, 3.63) is 41.0 Å². The van der Waals surface area contributed by atoms with Gasteiger partial charge >= 0.3 is 6.09 Å². The number of aromatic nitrogens is 1. The van der Waals surface area contributed by atoms with Crippen LogP contribution in [-0.2, 0) is 16.1 Å². The summed E-state index contributed by atoms with van der Waals surface area (Å²) in [6.45, 7) is 5.28. The number of nitrogens with one attached hydrogen (secondary N) is 2. The number of amides is 2. The number of hydrogen-bond acceptors (Lipinski definition) is 4. The molecule has 7 heteroatoms. The van der Waals surface area contributed by atoms with Gasteiger partial charge in [0.15, 0.2) is 6.54 Å². The minimum absolute atomic E-state index is 0.151. The van der Waals surface area contributed by atoms with Gasteiger partial charge in [-0.1, -0.05) is 29.8 Å². The summed E-state index contributed by atoms with van der Waals surface area (Å²) >= 11 is 6.27. The van der Waals surface area contributed by atoms with Gasteiger partial charge in [0.2, 0.25) is 0 Å². The largest absolute Gasteiger partial charge is 0.450 e. The van der Waals surface area contributed by atoms with Gasteiger partial charge in [-0.25, -0.2) is 9.78 Å². The van der Waals surface area contributed by atoms with Crippen LogP contribution in [0.5, 0.6) is 0 Å². The number of benzene rings is 1. The molecule has 0 bridgehead atoms. The lowest BCUT2D eigenvalue weighted by molar-refractivity contribution is -0.904. The Kier molecular flexibility index (Phi) is 6.52. The standard InChI is InChI=1S/C17H20ClN3O3/c1-3-21(11-15(22)20-17(23)24-4-2)10-13-9-12-7-5-6-8-14(12)19-16(13)18/h5-9H,3-4,10-11H2,1-2H3,(H,20,22,23)/p+1. The average Bonchev–Trinajstić information content (AvgIpc) is 2.54. The van der Waals surface area contributed by atoms with Crippen LogP contribution < -0.4 is 10.2 Å². The molecule has 1 heterocycles. The van der Waals surface area contributed by atoms with Gasteiger partial charge in [0, 0.05) is 10.9 Å². The van der Waals surface area contributed by atoms with Crippen LogP contribution in [0.25, 0.3) is 10.9 Å². The zero-order chi connectivity index (χ0) is 17.5. The van der Waals surface area contributed by atoms with Gasteiger partial charge < -0.3 is 9.64 Å². The highest BCUT2D eigenvalue weighted by molar-refractivity contribution is 6.30. The van der Waals surface area contributed by atoms with E-state index >= 15 is 0 Å². The fourth-order valence-corrected chi connectivity index (χ4v) is 2.61. The van der Waals surface area contributed by atoms with Gasteiger partial charge in [-0.05, 0) is 26.0 Å². The Morgan fingerprint density at radius 1 is 1.29 bits per heavy atom. The molecule has 24 heavy (non-hydrogen) atoms. The monoisotopic (exact) mass is 350 g/mol. The number of rotatable bonds is 6. The minimum Gasteiger partial charge on any atom is -0.450 e. The van der Waals surface area contributed by atoms with Crippen LogP contribution in [0.1, 0.15) is 19.4 Å². The second-order valence-corrected chi connectivity index (χ2v) is 5.71. The predicted molar refractivity (Wildman–Crippen MR) is 92.0 cm³/mol. The van der Waals surface area contributed by atoms with Crippen molar-refractivity contribution in [2.24, 2.45) is 0 Å². The first-order valence-corrected chi connectivity index (χ1v) is 8.25. The summed E-state index contributed by atoms with van der Waals surface area (Å²) in [6.07, 6.45) is -0.719. The van der Waals surface area contributed by atoms with E-state index in [1.54, 1.807) is 6.92 Å². The van der Waals surface area contributed by atoms with Crippen LogP contribution in [0.15, 0.2) is 30.3 Å². The number of halogens is 1. The first kappa shape index (κ1) is 18.2. The summed E-state index contributed by atoms with van der Waals surface area (Å²) in [4.78, 5) is 28.6. The number of likely N-dealkylation sites (N-methyl/N-ethyl adjacent to an activating group) is 1. The molecule has 0 saturated heterocycles. The normalized spacial score (nSPS) is 12.0. The second-order valence-electron chi connectivity index (χ2n) is 5.36. The number of quaternary nitrogens is 1. The lowest BCUT2D eigenvalue weighted by atomic mass is 10.1. The molecule has 0 aliphatic carbocycles. The highest BCUT2D eigenvalue weighted by Gasteiger charge is 2.18. The maximum atomic E-state index is 11.9. The Labute approximate surface area is 145 Å². The van der Waals surface area contributed by atoms with E-state index in [0.717, 1.165) is 21.4 Å². The predicted octanol–water partition coefficient (Wildman–Crippen LogP) is 1.57. The van der Waals surface area contributed by atoms with E-state index in [0.29, 0.717) is 18.2 Å². The second kappa shape index (κ2) is 8.61. The molecule has 2 N–H and O–H groups in total. The minimum atomic E-state index is -0.719. The molecule has 0 saturated carbocycles. The van der Waals surface area contributed by atoms with Crippen molar-refractivity contribution >= 4 is 34.5 Å². The Morgan fingerprint density at radius 3 is 2.75 bits per heavy atom. The summed E-state index contributed by atoms with van der Waals surface area (Å²) in [5, 5.41) is 3.64. The van der Waals surface area contributed by atoms with E-state index in [1.807, 2.05) is 37.3 Å². The molecule has 1 unspecified atom stereocenters. The van der Waals surface area contributed by atoms with Crippen molar-refractivity contribution in [1.82, 2.24) is 10.3 Å². The van der Waals surface area contributed by atoms with Crippen LogP contribution in [-0.4, -0.2) is 36.7 Å². The van der Waals surface area contributed by atoms with E-state index in [9.17, 15) is 9.59 Å². The Hall–Kier alpha value is -2.18. The third-order valence-electron chi connectivity index (χ3n) is 3.62. The van der Waals surface area contributed by atoms with Crippen LogP contribution >= 0.6 is 11.6 Å². The Balaban J connectivity index is 2.05. The summed E-state index contributed by atoms with van der Waals surface area (Å²) in [5.74, 6) is -0.379. The molecular weight excluding hydrogens is 330 g/mol. The number of carbonyl (C=O) groups excluding carboxylic acids is 2. The fourth-order valence-electron chi connectivity index (χ4n) is 2.39. The topological polar surface area (TPSA) is 72.7 Å². The van der Waals surface area contributed by atoms with E-state index in [2.05, 4.69) is 10.3 Å². The maximum Gasteiger partial charge on any atom is 0.414 e. The number of alkyl carbamates (subject to hydrolysis) is 1. The third kappa shape index (κ3) is 4.91. The number of hydrogen-bond donors (Lipinski definition) is 2. The zero-order valence-corrected chi connectivity index (χ0v) is 14.5. The molecule has 0 fully saturated rings. The number of imide groups is 1. The Bertz CT molecular complexity index is 736. The third-order valence-corrected chi connectivity index (χ3v) is 3.95. The highest BCUT2D eigenvalue weighted by atomic mass is 35.5. The molecular formula is C17H21ClN3O3+. The Morgan fingerprint density at radius 2 is 2.04 bits per heavy atom. The lowest BCUT2D eigenvalue weighted by Gasteiger charge is -2.17. The number of pyridine rings is 1. The van der Waals surface area contributed by atoms with Crippen molar-refractivity contribution in [1.29, 1.82) is 0 Å². The number of nitrogens with zero attached hydrogens (tertiary/aromatic N) is 1. The van der Waals surface area contributed by atoms with E-state index in [-0.39, 0.29) is 19.1 Å². The van der Waals surface area contributed by atoms with Gasteiger partial charge in [-0.3, -0.25) is 10.1 Å². The van der Waals surface area contributed by atoms with E-state index in [4.69, 9.17) is 16.3 Å². The highest BCUT2D eigenvalue weighted by Crippen LogP contribution is 2.19. The molecule has 0 radical (unpaired) electrons. The molecule has 0 spiro atoms. The van der Waals surface area contributed by atoms with Crippen LogP contribution in [0, 0.1) is 0 Å². The van der Waals surface area contributed by atoms with Crippen molar-refractivity contribution in [2.75, 3.05) is 19.7 Å². The summed E-state index contributed by atoms with van der Waals surface area (Å²) in [7, 11) is 0. The average molecular weight is 351 g/mol. The van der Waals surface area contributed by atoms with Crippen molar-refractivity contribution < 1.29 is 19.2 Å². The van der Waals surface area contributed by atoms with E-state index in [1.165, 1.54) is 0 Å². The van der Waals surface area contributed by atoms with Crippen LogP contribution in [0.4, 0.5) is 4.79 Å². The van der Waals surface area contributed by atoms with Crippen molar-refractivity contribution in [3.63, 3.8) is 0 Å². The first-order valence-electron chi connectivity index (χ1n) is 7.87. The number of para-hydroxylation sites is 1. The quantitative estimate of drug-likeness (QED) is 0.776. The van der Waals surface area contributed by atoms with Crippen molar-refractivity contribution in [2.45, 2.75) is 20.4 Å². The summed E-state index contributed by atoms with van der Waals surface area (Å²) in [5.41, 5.74) is 1.71. The van der Waals surface area contributed by atoms with Gasteiger partial charge in [-0.2, -0.15) is 0 Å². The van der Waals surface area contributed by atoms with Crippen molar-refractivity contribution in [3.8, 4) is 0 Å². The SMILES string of the molecule is CCOC(=O)NC(=O)C[NH+](CC)Cc1cc2ccccc2nc1Cl. The van der Waals surface area contributed by atoms with Crippen LogP contribution in [0.2, 0.25) is 5.15 Å². The first-order chi connectivity index (χ1) is 11.5. The molecule has 0 aliphatic rings. The maximum absolute atomic E-state index is 11.9. The summed E-state index contributed by atoms with van der Waals surface area (Å²) < 4.78 is 4.70. The number of carbonyl (C=O) groups is 2. The zero-order valence-electron chi connectivity index (χ0n) is 13.8. The summed E-state index contributed by atoms with van der Waals surface area (Å²) in [6, 6.07) is 9.72. The fraction of sp³-hybridized carbons (Fsp3) is 0.353. The van der Waals surface area contributed by atoms with Gasteiger partial charge in [-0.15, -0.1) is 0 Å². The van der Waals surface area contributed by atoms with Gasteiger partial charge in [0.05, 0.1) is 18.7 Å². The number of fused-ring (bicyclic) bond motifs is 1. The molecule has 2 aromatic rings. The lowest BCUT2D eigenvalue weighted by Crippen LogP contribution is -3.11. The van der Waals surface area contributed by atoms with Crippen LogP contribution in [0.3, 0.4) is 0 Å². The molecule has 6 nitrogen and oxygen atoms in total. The molecule has 128 valence electrons.